The minimum atomic E-state index is 0.897. The summed E-state index contributed by atoms with van der Waals surface area (Å²) in [5.74, 6) is 4.12. The number of nitrogens with zero attached hydrogens (tertiary/aromatic N) is 1. The molecule has 0 aromatic carbocycles. The van der Waals surface area contributed by atoms with Crippen molar-refractivity contribution in [3.63, 3.8) is 0 Å². The molecular weight excluding hydrogens is 236 g/mol. The Morgan fingerprint density at radius 2 is 2.26 bits per heavy atom. The molecule has 106 valence electrons. The maximum absolute atomic E-state index is 5.63. The molecule has 1 aromatic rings. The lowest BCUT2D eigenvalue weighted by Gasteiger charge is -2.26. The van der Waals surface area contributed by atoms with Gasteiger partial charge >= 0.3 is 0 Å². The SMILES string of the molecule is CNCc1ccoc1CN(C)CC1CC2CCC1C2. The molecule has 0 saturated heterocycles. The third-order valence-corrected chi connectivity index (χ3v) is 5.05. The molecule has 0 spiro atoms. The van der Waals surface area contributed by atoms with Gasteiger partial charge in [-0.25, -0.2) is 0 Å². The third-order valence-electron chi connectivity index (χ3n) is 5.05. The molecular formula is C16H26N2O. The lowest BCUT2D eigenvalue weighted by atomic mass is 9.88. The number of fused-ring (bicyclic) bond motifs is 2. The summed E-state index contributed by atoms with van der Waals surface area (Å²) in [4.78, 5) is 2.45. The number of furan rings is 1. The lowest BCUT2D eigenvalue weighted by molar-refractivity contribution is 0.203. The predicted molar refractivity (Wildman–Crippen MR) is 76.7 cm³/mol. The Labute approximate surface area is 116 Å². The number of rotatable bonds is 6. The van der Waals surface area contributed by atoms with Crippen LogP contribution in [0.1, 0.15) is 37.0 Å². The van der Waals surface area contributed by atoms with Crippen LogP contribution in [-0.4, -0.2) is 25.5 Å². The van der Waals surface area contributed by atoms with E-state index in [0.717, 1.165) is 36.6 Å². The van der Waals surface area contributed by atoms with E-state index in [1.54, 1.807) is 0 Å². The highest BCUT2D eigenvalue weighted by Crippen LogP contribution is 2.48. The number of hydrogen-bond donors (Lipinski definition) is 1. The van der Waals surface area contributed by atoms with E-state index in [1.165, 1.54) is 37.8 Å². The Bertz CT molecular complexity index is 415. The Kier molecular flexibility index (Phi) is 3.94. The zero-order valence-corrected chi connectivity index (χ0v) is 12.2. The first-order chi connectivity index (χ1) is 9.26. The normalized spacial score (nSPS) is 29.5. The van der Waals surface area contributed by atoms with Gasteiger partial charge in [-0.2, -0.15) is 0 Å². The molecule has 0 amide bonds. The van der Waals surface area contributed by atoms with Gasteiger partial charge in [0.25, 0.3) is 0 Å². The standard InChI is InChI=1S/C16H26N2O/c1-17-9-14-5-6-19-16(14)11-18(2)10-15-8-12-3-4-13(15)7-12/h5-6,12-13,15,17H,3-4,7-11H2,1-2H3. The van der Waals surface area contributed by atoms with Gasteiger partial charge in [-0.3, -0.25) is 4.90 Å². The van der Waals surface area contributed by atoms with Crippen molar-refractivity contribution in [1.29, 1.82) is 0 Å². The summed E-state index contributed by atoms with van der Waals surface area (Å²) in [5.41, 5.74) is 1.29. The first-order valence-electron chi connectivity index (χ1n) is 7.64. The van der Waals surface area contributed by atoms with Gasteiger partial charge in [-0.1, -0.05) is 6.42 Å². The Morgan fingerprint density at radius 1 is 1.37 bits per heavy atom. The summed E-state index contributed by atoms with van der Waals surface area (Å²) in [5, 5.41) is 3.20. The smallest absolute Gasteiger partial charge is 0.122 e. The van der Waals surface area contributed by atoms with Crippen molar-refractivity contribution in [1.82, 2.24) is 10.2 Å². The highest BCUT2D eigenvalue weighted by atomic mass is 16.3. The van der Waals surface area contributed by atoms with Crippen LogP contribution in [0.15, 0.2) is 16.7 Å². The van der Waals surface area contributed by atoms with Gasteiger partial charge in [-0.15, -0.1) is 0 Å². The minimum Gasteiger partial charge on any atom is -0.468 e. The number of nitrogens with one attached hydrogen (secondary N) is 1. The molecule has 3 rings (SSSR count). The summed E-state index contributed by atoms with van der Waals surface area (Å²) < 4.78 is 5.63. The van der Waals surface area contributed by atoms with Gasteiger partial charge in [0.05, 0.1) is 12.8 Å². The molecule has 2 bridgehead atoms. The van der Waals surface area contributed by atoms with E-state index >= 15 is 0 Å². The summed E-state index contributed by atoms with van der Waals surface area (Å²) in [6, 6.07) is 2.08. The van der Waals surface area contributed by atoms with E-state index in [9.17, 15) is 0 Å². The molecule has 1 aromatic heterocycles. The van der Waals surface area contributed by atoms with Gasteiger partial charge in [0.15, 0.2) is 0 Å². The van der Waals surface area contributed by atoms with Crippen molar-refractivity contribution in [3.05, 3.63) is 23.7 Å². The quantitative estimate of drug-likeness (QED) is 0.854. The van der Waals surface area contributed by atoms with Crippen LogP contribution in [-0.2, 0) is 13.1 Å². The van der Waals surface area contributed by atoms with E-state index < -0.39 is 0 Å². The minimum absolute atomic E-state index is 0.897. The monoisotopic (exact) mass is 262 g/mol. The van der Waals surface area contributed by atoms with Crippen LogP contribution in [0.2, 0.25) is 0 Å². The van der Waals surface area contributed by atoms with Crippen LogP contribution in [0.5, 0.6) is 0 Å². The van der Waals surface area contributed by atoms with Crippen molar-refractivity contribution in [2.45, 2.75) is 38.8 Å². The van der Waals surface area contributed by atoms with E-state index in [4.69, 9.17) is 4.42 Å². The zero-order valence-electron chi connectivity index (χ0n) is 12.2. The Morgan fingerprint density at radius 3 is 2.95 bits per heavy atom. The van der Waals surface area contributed by atoms with E-state index in [1.807, 2.05) is 13.3 Å². The van der Waals surface area contributed by atoms with Crippen molar-refractivity contribution in [3.8, 4) is 0 Å². The van der Waals surface area contributed by atoms with Crippen molar-refractivity contribution in [2.75, 3.05) is 20.6 Å². The second-order valence-corrected chi connectivity index (χ2v) is 6.53. The molecule has 3 nitrogen and oxygen atoms in total. The number of hydrogen-bond acceptors (Lipinski definition) is 3. The topological polar surface area (TPSA) is 28.4 Å². The molecule has 2 aliphatic rings. The van der Waals surface area contributed by atoms with Crippen molar-refractivity contribution >= 4 is 0 Å². The highest BCUT2D eigenvalue weighted by molar-refractivity contribution is 5.16. The van der Waals surface area contributed by atoms with Crippen molar-refractivity contribution in [2.24, 2.45) is 17.8 Å². The molecule has 2 saturated carbocycles. The fourth-order valence-corrected chi connectivity index (χ4v) is 4.16. The Balaban J connectivity index is 1.53. The lowest BCUT2D eigenvalue weighted by Crippen LogP contribution is -2.28. The van der Waals surface area contributed by atoms with E-state index in [-0.39, 0.29) is 0 Å². The zero-order chi connectivity index (χ0) is 13.2. The van der Waals surface area contributed by atoms with Gasteiger partial charge in [0.1, 0.15) is 5.76 Å². The van der Waals surface area contributed by atoms with Gasteiger partial charge < -0.3 is 9.73 Å². The Hall–Kier alpha value is -0.800. The van der Waals surface area contributed by atoms with Crippen LogP contribution in [0.25, 0.3) is 0 Å². The van der Waals surface area contributed by atoms with Gasteiger partial charge in [0.2, 0.25) is 0 Å². The first-order valence-corrected chi connectivity index (χ1v) is 7.64. The first kappa shape index (κ1) is 13.2. The fourth-order valence-electron chi connectivity index (χ4n) is 4.16. The van der Waals surface area contributed by atoms with Crippen molar-refractivity contribution < 1.29 is 4.42 Å². The summed E-state index contributed by atoms with van der Waals surface area (Å²) in [7, 11) is 4.22. The molecule has 2 fully saturated rings. The average molecular weight is 262 g/mol. The molecule has 0 aliphatic heterocycles. The average Bonchev–Trinajstić information content (AvgIpc) is 3.07. The molecule has 1 heterocycles. The van der Waals surface area contributed by atoms with Crippen LogP contribution in [0.4, 0.5) is 0 Å². The van der Waals surface area contributed by atoms with Gasteiger partial charge in [0, 0.05) is 18.7 Å². The molecule has 0 radical (unpaired) electrons. The molecule has 19 heavy (non-hydrogen) atoms. The molecule has 3 heteroatoms. The van der Waals surface area contributed by atoms with E-state index in [2.05, 4.69) is 23.3 Å². The van der Waals surface area contributed by atoms with Crippen LogP contribution in [0, 0.1) is 17.8 Å². The fraction of sp³-hybridized carbons (Fsp3) is 0.750. The molecule has 1 N–H and O–H groups in total. The second-order valence-electron chi connectivity index (χ2n) is 6.53. The summed E-state index contributed by atoms with van der Waals surface area (Å²) >= 11 is 0. The second kappa shape index (κ2) is 5.68. The summed E-state index contributed by atoms with van der Waals surface area (Å²) in [6.45, 7) is 3.08. The largest absolute Gasteiger partial charge is 0.468 e. The summed E-state index contributed by atoms with van der Waals surface area (Å²) in [6.07, 6.45) is 7.76. The highest BCUT2D eigenvalue weighted by Gasteiger charge is 2.39. The maximum Gasteiger partial charge on any atom is 0.122 e. The molecule has 3 atom stereocenters. The van der Waals surface area contributed by atoms with E-state index in [0.29, 0.717) is 0 Å². The third kappa shape index (κ3) is 2.87. The maximum atomic E-state index is 5.63. The molecule has 2 aliphatic carbocycles. The molecule has 3 unspecified atom stereocenters. The van der Waals surface area contributed by atoms with Crippen LogP contribution in [0.3, 0.4) is 0 Å². The van der Waals surface area contributed by atoms with Crippen LogP contribution < -0.4 is 5.32 Å². The van der Waals surface area contributed by atoms with Gasteiger partial charge in [-0.05, 0) is 57.2 Å². The predicted octanol–water partition coefficient (Wildman–Crippen LogP) is 2.87. The van der Waals surface area contributed by atoms with Crippen LogP contribution >= 0.6 is 0 Å².